The van der Waals surface area contributed by atoms with E-state index in [0.717, 1.165) is 16.5 Å². The number of halogens is 1. The van der Waals surface area contributed by atoms with Gasteiger partial charge in [0.25, 0.3) is 5.91 Å². The highest BCUT2D eigenvalue weighted by atomic mass is 79.9. The minimum absolute atomic E-state index is 0.0461. The maximum absolute atomic E-state index is 12.1. The molecule has 2 rings (SSSR count). The second kappa shape index (κ2) is 6.52. The molecule has 1 heterocycles. The van der Waals surface area contributed by atoms with Crippen LogP contribution in [0.2, 0.25) is 0 Å². The zero-order chi connectivity index (χ0) is 14.5. The Balaban J connectivity index is 2.11. The first kappa shape index (κ1) is 14.5. The van der Waals surface area contributed by atoms with E-state index in [-0.39, 0.29) is 11.9 Å². The lowest BCUT2D eigenvalue weighted by Crippen LogP contribution is -2.30. The van der Waals surface area contributed by atoms with Gasteiger partial charge in [-0.05, 0) is 24.1 Å². The van der Waals surface area contributed by atoms with Crippen molar-refractivity contribution < 1.29 is 9.52 Å². The van der Waals surface area contributed by atoms with E-state index in [2.05, 4.69) is 21.2 Å². The third-order valence-electron chi connectivity index (χ3n) is 3.05. The van der Waals surface area contributed by atoms with Crippen LogP contribution in [0, 0.1) is 5.21 Å². The summed E-state index contributed by atoms with van der Waals surface area (Å²) in [5, 5.41) is 13.9. The van der Waals surface area contributed by atoms with Gasteiger partial charge in [-0.2, -0.15) is 4.73 Å². The monoisotopic (exact) mass is 334 g/mol. The number of nitrogens with one attached hydrogen (secondary N) is 1. The maximum atomic E-state index is 12.1. The van der Waals surface area contributed by atoms with Gasteiger partial charge in [-0.3, -0.25) is 4.79 Å². The molecule has 0 radical (unpaired) electrons. The molecular formula is C15H15BrN2O2. The number of rotatable bonds is 4. The molecule has 1 N–H and O–H groups in total. The third kappa shape index (κ3) is 3.57. The highest BCUT2D eigenvalue weighted by Gasteiger charge is 2.14. The molecular weight excluding hydrogens is 320 g/mol. The van der Waals surface area contributed by atoms with Gasteiger partial charge < -0.3 is 10.5 Å². The van der Waals surface area contributed by atoms with Crippen LogP contribution in [0.3, 0.4) is 0 Å². The van der Waals surface area contributed by atoms with Crippen molar-refractivity contribution in [2.24, 2.45) is 0 Å². The van der Waals surface area contributed by atoms with Crippen LogP contribution >= 0.6 is 15.9 Å². The normalized spacial score (nSPS) is 11.9. The first-order chi connectivity index (χ1) is 9.60. The molecule has 104 valence electrons. The summed E-state index contributed by atoms with van der Waals surface area (Å²) >= 11 is 3.39. The Morgan fingerprint density at radius 2 is 1.85 bits per heavy atom. The molecule has 0 spiro atoms. The van der Waals surface area contributed by atoms with Crippen LogP contribution in [-0.2, 0) is 0 Å². The Labute approximate surface area is 126 Å². The van der Waals surface area contributed by atoms with Gasteiger partial charge in [0, 0.05) is 16.6 Å². The number of hydrogen-bond acceptors (Lipinski definition) is 2. The highest BCUT2D eigenvalue weighted by molar-refractivity contribution is 9.10. The number of hydrogen-bond donors (Lipinski definition) is 1. The molecule has 1 aromatic heterocycles. The van der Waals surface area contributed by atoms with Crippen molar-refractivity contribution in [1.82, 2.24) is 5.32 Å². The number of nitrogens with zero attached hydrogens (tertiary/aromatic N) is 1. The molecule has 0 fully saturated rings. The van der Waals surface area contributed by atoms with E-state index in [1.807, 2.05) is 31.2 Å². The summed E-state index contributed by atoms with van der Waals surface area (Å²) in [6, 6.07) is 10.8. The van der Waals surface area contributed by atoms with Crippen LogP contribution < -0.4 is 10.0 Å². The Hall–Kier alpha value is -1.88. The molecule has 4 nitrogen and oxygen atoms in total. The Morgan fingerprint density at radius 3 is 2.40 bits per heavy atom. The number of carbonyl (C=O) groups is 1. The van der Waals surface area contributed by atoms with Crippen LogP contribution in [0.4, 0.5) is 0 Å². The molecule has 20 heavy (non-hydrogen) atoms. The van der Waals surface area contributed by atoms with E-state index in [9.17, 15) is 10.0 Å². The summed E-state index contributed by atoms with van der Waals surface area (Å²) in [4.78, 5) is 12.1. The summed E-state index contributed by atoms with van der Waals surface area (Å²) in [5.74, 6) is -0.180. The van der Waals surface area contributed by atoms with E-state index in [0.29, 0.717) is 10.3 Å². The van der Waals surface area contributed by atoms with Crippen LogP contribution in [-0.4, -0.2) is 5.91 Å². The molecule has 0 bridgehead atoms. The van der Waals surface area contributed by atoms with Gasteiger partial charge in [0.15, 0.2) is 12.4 Å². The molecule has 5 heteroatoms. The fourth-order valence-corrected chi connectivity index (χ4v) is 2.19. The summed E-state index contributed by atoms with van der Waals surface area (Å²) in [7, 11) is 0. The quantitative estimate of drug-likeness (QED) is 0.690. The van der Waals surface area contributed by atoms with Crippen molar-refractivity contribution >= 4 is 21.8 Å². The maximum Gasteiger partial charge on any atom is 0.252 e. The third-order valence-corrected chi connectivity index (χ3v) is 3.58. The SMILES string of the molecule is CC[C@H](NC(=O)c1cc[n+]([O-])cc1)c1ccc(Br)cc1. The van der Waals surface area contributed by atoms with Crippen LogP contribution in [0.5, 0.6) is 0 Å². The van der Waals surface area contributed by atoms with Crippen molar-refractivity contribution in [3.63, 3.8) is 0 Å². The van der Waals surface area contributed by atoms with Crippen molar-refractivity contribution in [2.45, 2.75) is 19.4 Å². The number of aromatic nitrogens is 1. The Kier molecular flexibility index (Phi) is 4.74. The second-order valence-corrected chi connectivity index (χ2v) is 5.35. The topological polar surface area (TPSA) is 56.0 Å². The fourth-order valence-electron chi connectivity index (χ4n) is 1.92. The smallest absolute Gasteiger partial charge is 0.252 e. The fraction of sp³-hybridized carbons (Fsp3) is 0.200. The van der Waals surface area contributed by atoms with Gasteiger partial charge in [-0.25, -0.2) is 0 Å². The Morgan fingerprint density at radius 1 is 1.25 bits per heavy atom. The summed E-state index contributed by atoms with van der Waals surface area (Å²) in [5.41, 5.74) is 1.53. The molecule has 0 aliphatic heterocycles. The van der Waals surface area contributed by atoms with Gasteiger partial charge in [0.1, 0.15) is 0 Å². The minimum Gasteiger partial charge on any atom is -0.619 e. The largest absolute Gasteiger partial charge is 0.619 e. The summed E-state index contributed by atoms with van der Waals surface area (Å²) in [6.07, 6.45) is 3.42. The van der Waals surface area contributed by atoms with Crippen molar-refractivity contribution in [1.29, 1.82) is 0 Å². The van der Waals surface area contributed by atoms with E-state index < -0.39 is 0 Å². The lowest BCUT2D eigenvalue weighted by molar-refractivity contribution is -0.605. The molecule has 1 aromatic carbocycles. The summed E-state index contributed by atoms with van der Waals surface area (Å²) in [6.45, 7) is 2.02. The molecule has 1 atom stereocenters. The molecule has 0 aliphatic rings. The summed E-state index contributed by atoms with van der Waals surface area (Å²) < 4.78 is 1.66. The van der Waals surface area contributed by atoms with Crippen molar-refractivity contribution in [3.05, 3.63) is 69.6 Å². The molecule has 2 aromatic rings. The predicted octanol–water partition coefficient (Wildman–Crippen LogP) is 2.96. The van der Waals surface area contributed by atoms with Crippen LogP contribution in [0.15, 0.2) is 53.3 Å². The van der Waals surface area contributed by atoms with Crippen LogP contribution in [0.1, 0.15) is 35.3 Å². The van der Waals surface area contributed by atoms with E-state index in [4.69, 9.17) is 0 Å². The van der Waals surface area contributed by atoms with E-state index in [1.165, 1.54) is 24.5 Å². The lowest BCUT2D eigenvalue weighted by Gasteiger charge is -2.17. The van der Waals surface area contributed by atoms with Crippen molar-refractivity contribution in [3.8, 4) is 0 Å². The standard InChI is InChI=1S/C15H15BrN2O2/c1-2-14(11-3-5-13(16)6-4-11)17-15(19)12-7-9-18(20)10-8-12/h3-10,14H,2H2,1H3,(H,17,19)/t14-/m0/s1. The van der Waals surface area contributed by atoms with Gasteiger partial charge in [0.05, 0.1) is 11.6 Å². The van der Waals surface area contributed by atoms with Crippen molar-refractivity contribution in [2.75, 3.05) is 0 Å². The molecule has 0 saturated heterocycles. The number of pyridine rings is 1. The minimum atomic E-state index is -0.180. The average molecular weight is 335 g/mol. The molecule has 0 saturated carbocycles. The zero-order valence-electron chi connectivity index (χ0n) is 11.0. The second-order valence-electron chi connectivity index (χ2n) is 4.43. The first-order valence-electron chi connectivity index (χ1n) is 6.35. The zero-order valence-corrected chi connectivity index (χ0v) is 12.6. The average Bonchev–Trinajstić information content (AvgIpc) is 2.46. The molecule has 0 aliphatic carbocycles. The Bertz CT molecular complexity index is 582. The first-order valence-corrected chi connectivity index (χ1v) is 7.14. The molecule has 0 unspecified atom stereocenters. The number of benzene rings is 1. The van der Waals surface area contributed by atoms with Gasteiger partial charge in [-0.15, -0.1) is 0 Å². The number of carbonyl (C=O) groups excluding carboxylic acids is 1. The van der Waals surface area contributed by atoms with Gasteiger partial charge in [-0.1, -0.05) is 35.0 Å². The van der Waals surface area contributed by atoms with E-state index in [1.54, 1.807) is 0 Å². The van der Waals surface area contributed by atoms with Crippen LogP contribution in [0.25, 0.3) is 0 Å². The van der Waals surface area contributed by atoms with Gasteiger partial charge in [0.2, 0.25) is 0 Å². The molecule has 1 amide bonds. The van der Waals surface area contributed by atoms with E-state index >= 15 is 0 Å². The predicted molar refractivity (Wildman–Crippen MR) is 80.0 cm³/mol. The van der Waals surface area contributed by atoms with Gasteiger partial charge >= 0.3 is 0 Å². The number of amides is 1. The lowest BCUT2D eigenvalue weighted by atomic mass is 10.0. The highest BCUT2D eigenvalue weighted by Crippen LogP contribution is 2.19.